The van der Waals surface area contributed by atoms with Crippen LogP contribution >= 0.6 is 0 Å². The molecule has 0 amide bonds. The summed E-state index contributed by atoms with van der Waals surface area (Å²) >= 11 is 0. The highest BCUT2D eigenvalue weighted by Crippen LogP contribution is 2.15. The Morgan fingerprint density at radius 3 is 3.00 bits per heavy atom. The van der Waals surface area contributed by atoms with Crippen LogP contribution < -0.4 is 0 Å². The van der Waals surface area contributed by atoms with Crippen molar-refractivity contribution in [1.29, 1.82) is 0 Å². The van der Waals surface area contributed by atoms with Crippen LogP contribution in [0.2, 0.25) is 0 Å². The van der Waals surface area contributed by atoms with Crippen molar-refractivity contribution in [1.82, 2.24) is 20.3 Å². The first kappa shape index (κ1) is 7.93. The second-order valence-corrected chi connectivity index (χ2v) is 2.60. The van der Waals surface area contributed by atoms with Gasteiger partial charge in [0.1, 0.15) is 11.8 Å². The molecular weight excluding hydrogens is 172 g/mol. The van der Waals surface area contributed by atoms with Crippen molar-refractivity contribution in [3.05, 3.63) is 18.1 Å². The summed E-state index contributed by atoms with van der Waals surface area (Å²) in [6, 6.07) is 1.71. The van der Waals surface area contributed by atoms with E-state index in [-0.39, 0.29) is 5.82 Å². The van der Waals surface area contributed by atoms with Crippen molar-refractivity contribution in [3.8, 4) is 11.6 Å². The molecule has 68 valence electrons. The average Bonchev–Trinajstić information content (AvgIpc) is 2.75. The van der Waals surface area contributed by atoms with Crippen molar-refractivity contribution in [2.75, 3.05) is 0 Å². The van der Waals surface area contributed by atoms with Gasteiger partial charge in [-0.2, -0.15) is 10.1 Å². The van der Waals surface area contributed by atoms with E-state index in [2.05, 4.69) is 20.3 Å². The number of rotatable bonds is 2. The standard InChI is InChI=1S/C7H8N4O2/c1-4(12)6-9-7(13-11-6)5-2-3-8-10-5/h2-4,12H,1H3,(H,8,10). The summed E-state index contributed by atoms with van der Waals surface area (Å²) in [6.07, 6.45) is 0.863. The van der Waals surface area contributed by atoms with Gasteiger partial charge in [0.15, 0.2) is 5.82 Å². The van der Waals surface area contributed by atoms with Gasteiger partial charge in [-0.25, -0.2) is 0 Å². The smallest absolute Gasteiger partial charge is 0.276 e. The molecule has 0 fully saturated rings. The van der Waals surface area contributed by atoms with E-state index in [1.807, 2.05) is 0 Å². The van der Waals surface area contributed by atoms with Gasteiger partial charge in [0.2, 0.25) is 0 Å². The number of hydrogen-bond acceptors (Lipinski definition) is 5. The Balaban J connectivity index is 2.33. The van der Waals surface area contributed by atoms with Crippen molar-refractivity contribution >= 4 is 0 Å². The summed E-state index contributed by atoms with van der Waals surface area (Å²) in [5, 5.41) is 19.1. The highest BCUT2D eigenvalue weighted by Gasteiger charge is 2.12. The van der Waals surface area contributed by atoms with Crippen LogP contribution in [0.1, 0.15) is 18.9 Å². The lowest BCUT2D eigenvalue weighted by atomic mass is 10.4. The molecule has 1 atom stereocenters. The van der Waals surface area contributed by atoms with E-state index in [9.17, 15) is 0 Å². The number of aliphatic hydroxyl groups excluding tert-OH is 1. The van der Waals surface area contributed by atoms with Crippen LogP contribution in [0.4, 0.5) is 0 Å². The van der Waals surface area contributed by atoms with E-state index in [0.29, 0.717) is 11.6 Å². The molecule has 2 rings (SSSR count). The molecule has 2 N–H and O–H groups in total. The summed E-state index contributed by atoms with van der Waals surface area (Å²) < 4.78 is 4.88. The maximum Gasteiger partial charge on any atom is 0.276 e. The predicted octanol–water partition coefficient (Wildman–Crippen LogP) is 0.513. The van der Waals surface area contributed by atoms with Crippen molar-refractivity contribution in [2.24, 2.45) is 0 Å². The topological polar surface area (TPSA) is 87.8 Å². The summed E-state index contributed by atoms with van der Waals surface area (Å²) in [5.41, 5.74) is 0.638. The Morgan fingerprint density at radius 2 is 2.46 bits per heavy atom. The first-order valence-corrected chi connectivity index (χ1v) is 3.79. The molecule has 0 aliphatic carbocycles. The Labute approximate surface area is 73.6 Å². The van der Waals surface area contributed by atoms with Gasteiger partial charge in [-0.3, -0.25) is 5.10 Å². The number of nitrogens with zero attached hydrogens (tertiary/aromatic N) is 3. The molecule has 6 heteroatoms. The molecule has 0 radical (unpaired) electrons. The molecule has 0 spiro atoms. The van der Waals surface area contributed by atoms with Crippen molar-refractivity contribution in [3.63, 3.8) is 0 Å². The first-order valence-electron chi connectivity index (χ1n) is 3.79. The minimum atomic E-state index is -0.722. The van der Waals surface area contributed by atoms with Crippen LogP contribution in [0.5, 0.6) is 0 Å². The van der Waals surface area contributed by atoms with E-state index >= 15 is 0 Å². The van der Waals surface area contributed by atoms with Gasteiger partial charge in [-0.15, -0.1) is 0 Å². The van der Waals surface area contributed by atoms with E-state index < -0.39 is 6.10 Å². The van der Waals surface area contributed by atoms with E-state index in [1.54, 1.807) is 19.2 Å². The number of aromatic amines is 1. The summed E-state index contributed by atoms with van der Waals surface area (Å²) in [4.78, 5) is 3.95. The predicted molar refractivity (Wildman–Crippen MR) is 42.5 cm³/mol. The molecule has 0 saturated heterocycles. The third-order valence-corrected chi connectivity index (χ3v) is 1.55. The van der Waals surface area contributed by atoms with E-state index in [0.717, 1.165) is 0 Å². The molecular formula is C7H8N4O2. The number of aliphatic hydroxyl groups is 1. The monoisotopic (exact) mass is 180 g/mol. The number of H-pyrrole nitrogens is 1. The van der Waals surface area contributed by atoms with Crippen LogP contribution in [0.15, 0.2) is 16.8 Å². The molecule has 2 aromatic rings. The van der Waals surface area contributed by atoms with Crippen LogP contribution in [-0.4, -0.2) is 25.4 Å². The summed E-state index contributed by atoms with van der Waals surface area (Å²) in [5.74, 6) is 0.595. The van der Waals surface area contributed by atoms with E-state index in [4.69, 9.17) is 9.63 Å². The first-order chi connectivity index (χ1) is 6.27. The molecule has 13 heavy (non-hydrogen) atoms. The van der Waals surface area contributed by atoms with Crippen LogP contribution in [-0.2, 0) is 0 Å². The van der Waals surface area contributed by atoms with Gasteiger partial charge in [-0.1, -0.05) is 5.16 Å². The average molecular weight is 180 g/mol. The fraction of sp³-hybridized carbons (Fsp3) is 0.286. The zero-order valence-corrected chi connectivity index (χ0v) is 6.93. The van der Waals surface area contributed by atoms with Gasteiger partial charge >= 0.3 is 0 Å². The summed E-state index contributed by atoms with van der Waals surface area (Å²) in [7, 11) is 0. The van der Waals surface area contributed by atoms with Crippen molar-refractivity contribution < 1.29 is 9.63 Å². The number of aromatic nitrogens is 4. The maximum atomic E-state index is 9.12. The van der Waals surface area contributed by atoms with Crippen LogP contribution in [0.25, 0.3) is 11.6 Å². The molecule has 1 unspecified atom stereocenters. The Kier molecular flexibility index (Phi) is 1.82. The van der Waals surface area contributed by atoms with Gasteiger partial charge in [0.05, 0.1) is 0 Å². The lowest BCUT2D eigenvalue weighted by Gasteiger charge is -1.91. The molecule has 0 bridgehead atoms. The lowest BCUT2D eigenvalue weighted by molar-refractivity contribution is 0.184. The zero-order valence-electron chi connectivity index (χ0n) is 6.93. The quantitative estimate of drug-likeness (QED) is 0.703. The normalized spacial score (nSPS) is 13.1. The molecule has 0 aliphatic heterocycles. The molecule has 0 aliphatic rings. The van der Waals surface area contributed by atoms with Gasteiger partial charge < -0.3 is 9.63 Å². The Bertz CT molecular complexity index is 379. The molecule has 2 heterocycles. The van der Waals surface area contributed by atoms with Crippen LogP contribution in [0, 0.1) is 0 Å². The van der Waals surface area contributed by atoms with E-state index in [1.165, 1.54) is 0 Å². The van der Waals surface area contributed by atoms with Crippen molar-refractivity contribution in [2.45, 2.75) is 13.0 Å². The summed E-state index contributed by atoms with van der Waals surface area (Å²) in [6.45, 7) is 1.57. The second kappa shape index (κ2) is 2.98. The fourth-order valence-corrected chi connectivity index (χ4v) is 0.889. The van der Waals surface area contributed by atoms with Gasteiger partial charge in [0, 0.05) is 6.20 Å². The number of hydrogen-bond donors (Lipinski definition) is 2. The Morgan fingerprint density at radius 1 is 1.62 bits per heavy atom. The molecule has 0 saturated carbocycles. The largest absolute Gasteiger partial charge is 0.385 e. The highest BCUT2D eigenvalue weighted by atomic mass is 16.5. The second-order valence-electron chi connectivity index (χ2n) is 2.60. The number of nitrogens with one attached hydrogen (secondary N) is 1. The van der Waals surface area contributed by atoms with Crippen LogP contribution in [0.3, 0.4) is 0 Å². The lowest BCUT2D eigenvalue weighted by Crippen LogP contribution is -1.92. The molecule has 6 nitrogen and oxygen atoms in total. The molecule has 2 aromatic heterocycles. The highest BCUT2D eigenvalue weighted by molar-refractivity contribution is 5.44. The Hall–Kier alpha value is -1.69. The minimum absolute atomic E-state index is 0.268. The SMILES string of the molecule is CC(O)c1noc(-c2ccn[nH]2)n1. The van der Waals surface area contributed by atoms with Gasteiger partial charge in [-0.05, 0) is 13.0 Å². The zero-order chi connectivity index (χ0) is 9.26. The third-order valence-electron chi connectivity index (χ3n) is 1.55. The third kappa shape index (κ3) is 1.43. The molecule has 0 aromatic carbocycles. The minimum Gasteiger partial charge on any atom is -0.385 e. The fourth-order valence-electron chi connectivity index (χ4n) is 0.889. The van der Waals surface area contributed by atoms with Gasteiger partial charge in [0.25, 0.3) is 5.89 Å². The maximum absolute atomic E-state index is 9.12.